The first-order valence-electron chi connectivity index (χ1n) is 10.0. The number of carbonyl (C=O) groups excluding carboxylic acids is 2. The minimum atomic E-state index is -1.39. The van der Waals surface area contributed by atoms with Crippen molar-refractivity contribution < 1.29 is 27.9 Å². The largest absolute Gasteiger partial charge is 0.548 e. The number of thioether (sulfide) groups is 1. The Morgan fingerprint density at radius 3 is 2.55 bits per heavy atom. The van der Waals surface area contributed by atoms with Gasteiger partial charge in [0.15, 0.2) is 0 Å². The van der Waals surface area contributed by atoms with Crippen LogP contribution in [0, 0.1) is 12.7 Å². The molecule has 0 aliphatic heterocycles. The van der Waals surface area contributed by atoms with E-state index in [2.05, 4.69) is 5.32 Å². The number of hydrogen-bond acceptors (Lipinski definition) is 7. The van der Waals surface area contributed by atoms with Gasteiger partial charge in [0.2, 0.25) is 5.91 Å². The van der Waals surface area contributed by atoms with Gasteiger partial charge in [0.1, 0.15) is 17.0 Å². The number of furan rings is 1. The van der Waals surface area contributed by atoms with E-state index in [9.17, 15) is 23.9 Å². The predicted octanol–water partition coefficient (Wildman–Crippen LogP) is 2.79. The van der Waals surface area contributed by atoms with Gasteiger partial charge in [-0.05, 0) is 42.5 Å². The lowest BCUT2D eigenvalue weighted by atomic mass is 9.99. The molecule has 1 atom stereocenters. The highest BCUT2D eigenvalue weighted by atomic mass is 32.2. The van der Waals surface area contributed by atoms with Gasteiger partial charge in [-0.25, -0.2) is 9.18 Å². The molecule has 33 heavy (non-hydrogen) atoms. The molecule has 4 rings (SSSR count). The van der Waals surface area contributed by atoms with Gasteiger partial charge < -0.3 is 24.1 Å². The van der Waals surface area contributed by atoms with E-state index >= 15 is 0 Å². The van der Waals surface area contributed by atoms with Crippen LogP contribution in [0.5, 0.6) is 0 Å². The minimum absolute atomic E-state index is 0.132. The minimum Gasteiger partial charge on any atom is -0.548 e. The fourth-order valence-electron chi connectivity index (χ4n) is 3.71. The summed E-state index contributed by atoms with van der Waals surface area (Å²) in [4.78, 5) is 36.2. The topological polar surface area (TPSA) is 113 Å². The van der Waals surface area contributed by atoms with E-state index < -0.39 is 23.5 Å². The van der Waals surface area contributed by atoms with Crippen LogP contribution in [0.4, 0.5) is 4.39 Å². The van der Waals surface area contributed by atoms with Crippen LogP contribution in [0.25, 0.3) is 33.1 Å². The molecule has 0 spiro atoms. The van der Waals surface area contributed by atoms with Crippen molar-refractivity contribution in [3.63, 3.8) is 0 Å². The molecular formula is C24H19FNO6S-. The van der Waals surface area contributed by atoms with Gasteiger partial charge in [-0.2, -0.15) is 11.8 Å². The Balaban J connectivity index is 1.74. The zero-order valence-electron chi connectivity index (χ0n) is 17.8. The average Bonchev–Trinajstić information content (AvgIpc) is 3.18. The second-order valence-electron chi connectivity index (χ2n) is 7.57. The number of halogens is 1. The summed E-state index contributed by atoms with van der Waals surface area (Å²) < 4.78 is 24.4. The maximum atomic E-state index is 13.3. The maximum Gasteiger partial charge on any atom is 0.340 e. The average molecular weight is 468 g/mol. The number of aliphatic carboxylic acids is 1. The lowest BCUT2D eigenvalue weighted by molar-refractivity contribution is -0.307. The maximum absolute atomic E-state index is 13.3. The third-order valence-corrected chi connectivity index (χ3v) is 6.09. The van der Waals surface area contributed by atoms with Gasteiger partial charge in [-0.15, -0.1) is 0 Å². The van der Waals surface area contributed by atoms with Gasteiger partial charge in [0.05, 0.1) is 30.3 Å². The molecule has 2 aromatic heterocycles. The van der Waals surface area contributed by atoms with Crippen LogP contribution in [-0.4, -0.2) is 29.9 Å². The second kappa shape index (κ2) is 9.11. The standard InChI is InChI=1S/C24H20FNO6S/c1-12-15-7-17-18(13-3-5-14(25)6-4-13)10-31-20(17)9-21(15)32-24(30)16(12)8-22(27)26-19(11-33-2)23(28)29/h3-7,9-10,19H,8,11H2,1-2H3,(H,26,27)(H,28,29)/p-1/t19-/m0/s1. The number of amides is 1. The zero-order chi connectivity index (χ0) is 23.7. The summed E-state index contributed by atoms with van der Waals surface area (Å²) in [5, 5.41) is 14.9. The Morgan fingerprint density at radius 2 is 1.88 bits per heavy atom. The molecule has 7 nitrogen and oxygen atoms in total. The van der Waals surface area contributed by atoms with Crippen LogP contribution >= 0.6 is 11.8 Å². The van der Waals surface area contributed by atoms with Crippen molar-refractivity contribution in [2.24, 2.45) is 0 Å². The Labute approximate surface area is 191 Å². The molecule has 1 amide bonds. The SMILES string of the molecule is CSC[C@H](NC(=O)Cc1c(C)c2cc3c(-c4ccc(F)cc4)coc3cc2oc1=O)C(=O)[O-]. The Bertz CT molecular complexity index is 1420. The van der Waals surface area contributed by atoms with Crippen LogP contribution in [0.15, 0.2) is 56.3 Å². The van der Waals surface area contributed by atoms with Crippen LogP contribution in [0.2, 0.25) is 0 Å². The number of aryl methyl sites for hydroxylation is 1. The van der Waals surface area contributed by atoms with E-state index in [4.69, 9.17) is 8.83 Å². The van der Waals surface area contributed by atoms with Crippen molar-refractivity contribution in [1.29, 1.82) is 0 Å². The molecule has 0 aliphatic rings. The summed E-state index contributed by atoms with van der Waals surface area (Å²) in [6, 6.07) is 8.22. The Morgan fingerprint density at radius 1 is 1.15 bits per heavy atom. The highest BCUT2D eigenvalue weighted by Crippen LogP contribution is 2.34. The zero-order valence-corrected chi connectivity index (χ0v) is 18.6. The third kappa shape index (κ3) is 4.49. The molecule has 0 saturated carbocycles. The van der Waals surface area contributed by atoms with Crippen molar-refractivity contribution in [3.8, 4) is 11.1 Å². The van der Waals surface area contributed by atoms with E-state index in [1.807, 2.05) is 0 Å². The summed E-state index contributed by atoms with van der Waals surface area (Å²) in [6.45, 7) is 1.70. The first-order chi connectivity index (χ1) is 15.8. The molecule has 170 valence electrons. The van der Waals surface area contributed by atoms with Gasteiger partial charge in [0, 0.05) is 28.2 Å². The van der Waals surface area contributed by atoms with Crippen LogP contribution in [0.1, 0.15) is 11.1 Å². The third-order valence-electron chi connectivity index (χ3n) is 5.43. The number of fused-ring (bicyclic) bond motifs is 2. The van der Waals surface area contributed by atoms with E-state index in [0.717, 1.165) is 16.5 Å². The summed E-state index contributed by atoms with van der Waals surface area (Å²) in [5.74, 6) is -2.22. The number of rotatable bonds is 7. The number of carboxylic acids is 1. The predicted molar refractivity (Wildman–Crippen MR) is 121 cm³/mol. The fourth-order valence-corrected chi connectivity index (χ4v) is 4.26. The van der Waals surface area contributed by atoms with Crippen LogP contribution in [0.3, 0.4) is 0 Å². The Hall–Kier alpha value is -3.59. The molecule has 0 aliphatic carbocycles. The molecule has 9 heteroatoms. The van der Waals surface area contributed by atoms with Crippen LogP contribution in [-0.2, 0) is 16.0 Å². The van der Waals surface area contributed by atoms with Crippen molar-refractivity contribution in [1.82, 2.24) is 5.32 Å². The molecular weight excluding hydrogens is 449 g/mol. The number of benzene rings is 2. The molecule has 0 saturated heterocycles. The van der Waals surface area contributed by atoms with E-state index in [-0.39, 0.29) is 23.6 Å². The van der Waals surface area contributed by atoms with Gasteiger partial charge >= 0.3 is 5.63 Å². The molecule has 2 heterocycles. The van der Waals surface area contributed by atoms with E-state index in [1.54, 1.807) is 43.7 Å². The molecule has 0 unspecified atom stereocenters. The van der Waals surface area contributed by atoms with Gasteiger partial charge in [-0.1, -0.05) is 12.1 Å². The number of carbonyl (C=O) groups is 2. The molecule has 1 N–H and O–H groups in total. The lowest BCUT2D eigenvalue weighted by Crippen LogP contribution is -2.50. The summed E-state index contributed by atoms with van der Waals surface area (Å²) in [7, 11) is 0. The number of hydrogen-bond donors (Lipinski definition) is 1. The van der Waals surface area contributed by atoms with Crippen molar-refractivity contribution in [2.75, 3.05) is 12.0 Å². The highest BCUT2D eigenvalue weighted by molar-refractivity contribution is 7.98. The summed E-state index contributed by atoms with van der Waals surface area (Å²) in [5.41, 5.74) is 2.27. The molecule has 4 aromatic rings. The quantitative estimate of drug-likeness (QED) is 0.415. The number of carboxylic acid groups (broad SMARTS) is 1. The summed E-state index contributed by atoms with van der Waals surface area (Å²) in [6.07, 6.45) is 2.92. The first-order valence-corrected chi connectivity index (χ1v) is 11.4. The van der Waals surface area contributed by atoms with Crippen molar-refractivity contribution in [2.45, 2.75) is 19.4 Å². The normalized spacial score (nSPS) is 12.2. The van der Waals surface area contributed by atoms with Gasteiger partial charge in [0.25, 0.3) is 0 Å². The highest BCUT2D eigenvalue weighted by Gasteiger charge is 2.20. The molecule has 0 radical (unpaired) electrons. The smallest absolute Gasteiger partial charge is 0.340 e. The second-order valence-corrected chi connectivity index (χ2v) is 8.48. The van der Waals surface area contributed by atoms with Crippen molar-refractivity contribution in [3.05, 3.63) is 70.0 Å². The monoisotopic (exact) mass is 468 g/mol. The molecule has 0 fully saturated rings. The molecule has 2 aromatic carbocycles. The fraction of sp³-hybridized carbons (Fsp3) is 0.208. The van der Waals surface area contributed by atoms with E-state index in [0.29, 0.717) is 22.1 Å². The summed E-state index contributed by atoms with van der Waals surface area (Å²) >= 11 is 1.25. The number of nitrogens with one attached hydrogen (secondary N) is 1. The van der Waals surface area contributed by atoms with E-state index in [1.165, 1.54) is 23.9 Å². The van der Waals surface area contributed by atoms with Crippen molar-refractivity contribution >= 4 is 45.6 Å². The van der Waals surface area contributed by atoms with Gasteiger partial charge in [-0.3, -0.25) is 4.79 Å². The first kappa shape index (κ1) is 22.6. The van der Waals surface area contributed by atoms with Crippen LogP contribution < -0.4 is 16.0 Å². The Kier molecular flexibility index (Phi) is 6.24. The lowest BCUT2D eigenvalue weighted by Gasteiger charge is -2.18. The molecule has 0 bridgehead atoms.